The molecule has 10 rings (SSSR count). The molecule has 46 heavy (non-hydrogen) atoms. The van der Waals surface area contributed by atoms with Gasteiger partial charge in [0.05, 0.1) is 0 Å². The predicted molar refractivity (Wildman–Crippen MR) is 198 cm³/mol. The summed E-state index contributed by atoms with van der Waals surface area (Å²) in [7, 11) is 0. The largest absolute Gasteiger partial charge is 0.456 e. The first-order valence-corrected chi connectivity index (χ1v) is 16.5. The minimum Gasteiger partial charge on any atom is -0.456 e. The topological polar surface area (TPSA) is 13.1 Å². The van der Waals surface area contributed by atoms with Crippen LogP contribution >= 0.6 is 11.3 Å². The summed E-state index contributed by atoms with van der Waals surface area (Å²) in [6, 6.07) is 57.4. The molecule has 0 N–H and O–H groups in total. The SMILES string of the molecule is c1ccc2sc(-c3cc(-c4c5ccccc5c(-c5ccc6c(c5)oc5ccccc56)c5ccccc45)cc4ccccc34)cc2c1. The Morgan fingerprint density at radius 1 is 0.370 bits per heavy atom. The maximum Gasteiger partial charge on any atom is 0.136 e. The van der Waals surface area contributed by atoms with Crippen molar-refractivity contribution in [3.05, 3.63) is 158 Å². The lowest BCUT2D eigenvalue weighted by molar-refractivity contribution is 0.669. The van der Waals surface area contributed by atoms with Crippen molar-refractivity contribution in [1.29, 1.82) is 0 Å². The average molecular weight is 603 g/mol. The maximum absolute atomic E-state index is 6.35. The Hall–Kier alpha value is -5.70. The fourth-order valence-corrected chi connectivity index (χ4v) is 8.50. The van der Waals surface area contributed by atoms with E-state index in [1.807, 2.05) is 23.5 Å². The standard InChI is InChI=1S/C44H26OS/c1-3-13-31-27(11-1)23-30(24-38(31)42-26-28-12-2-10-20-41(28)46-42)44-36-17-6-4-15-34(36)43(35-16-5-7-18-37(35)44)29-21-22-33-32-14-8-9-19-39(32)45-40(33)25-29/h1-26H. The summed E-state index contributed by atoms with van der Waals surface area (Å²) < 4.78 is 7.66. The van der Waals surface area contributed by atoms with Gasteiger partial charge in [-0.3, -0.25) is 0 Å². The monoisotopic (exact) mass is 602 g/mol. The Bertz CT molecular complexity index is 2720. The van der Waals surface area contributed by atoms with Crippen LogP contribution in [0.4, 0.5) is 0 Å². The fourth-order valence-electron chi connectivity index (χ4n) is 7.41. The van der Waals surface area contributed by atoms with Crippen LogP contribution in [-0.4, -0.2) is 0 Å². The Labute approximate surface area is 269 Å². The molecule has 0 aliphatic carbocycles. The highest BCUT2D eigenvalue weighted by molar-refractivity contribution is 7.22. The van der Waals surface area contributed by atoms with E-state index in [1.54, 1.807) is 0 Å². The van der Waals surface area contributed by atoms with Gasteiger partial charge in [0.2, 0.25) is 0 Å². The number of para-hydroxylation sites is 1. The summed E-state index contributed by atoms with van der Waals surface area (Å²) >= 11 is 1.87. The van der Waals surface area contributed by atoms with Crippen molar-refractivity contribution in [3.63, 3.8) is 0 Å². The van der Waals surface area contributed by atoms with Crippen molar-refractivity contribution in [1.82, 2.24) is 0 Å². The van der Waals surface area contributed by atoms with Gasteiger partial charge in [0.15, 0.2) is 0 Å². The molecule has 2 aromatic heterocycles. The smallest absolute Gasteiger partial charge is 0.136 e. The number of hydrogen-bond donors (Lipinski definition) is 0. The van der Waals surface area contributed by atoms with Gasteiger partial charge in [-0.05, 0) is 102 Å². The zero-order chi connectivity index (χ0) is 30.2. The van der Waals surface area contributed by atoms with E-state index < -0.39 is 0 Å². The van der Waals surface area contributed by atoms with Gasteiger partial charge in [-0.2, -0.15) is 0 Å². The Morgan fingerprint density at radius 3 is 1.65 bits per heavy atom. The van der Waals surface area contributed by atoms with Crippen molar-refractivity contribution in [2.45, 2.75) is 0 Å². The summed E-state index contributed by atoms with van der Waals surface area (Å²) in [5, 5.41) is 11.1. The van der Waals surface area contributed by atoms with Crippen molar-refractivity contribution in [3.8, 4) is 32.7 Å². The van der Waals surface area contributed by atoms with E-state index in [2.05, 4.69) is 146 Å². The summed E-state index contributed by atoms with van der Waals surface area (Å²) in [6.07, 6.45) is 0. The molecule has 0 spiro atoms. The first kappa shape index (κ1) is 25.6. The van der Waals surface area contributed by atoms with E-state index in [0.717, 1.165) is 27.5 Å². The number of hydrogen-bond acceptors (Lipinski definition) is 2. The predicted octanol–water partition coefficient (Wildman–Crippen LogP) is 13.3. The van der Waals surface area contributed by atoms with E-state index in [1.165, 1.54) is 69.5 Å². The van der Waals surface area contributed by atoms with Crippen molar-refractivity contribution < 1.29 is 4.42 Å². The van der Waals surface area contributed by atoms with Gasteiger partial charge in [-0.25, -0.2) is 0 Å². The molecule has 0 bridgehead atoms. The Kier molecular flexibility index (Phi) is 5.51. The van der Waals surface area contributed by atoms with Crippen molar-refractivity contribution >= 4 is 75.7 Å². The molecule has 0 aliphatic rings. The third-order valence-electron chi connectivity index (χ3n) is 9.44. The first-order valence-electron chi connectivity index (χ1n) is 15.7. The quantitative estimate of drug-likeness (QED) is 0.183. The first-order chi connectivity index (χ1) is 22.8. The molecule has 10 aromatic rings. The van der Waals surface area contributed by atoms with Gasteiger partial charge in [-0.1, -0.05) is 115 Å². The zero-order valence-electron chi connectivity index (χ0n) is 24.8. The van der Waals surface area contributed by atoms with Crippen LogP contribution in [0.2, 0.25) is 0 Å². The van der Waals surface area contributed by atoms with Gasteiger partial charge in [0, 0.05) is 25.9 Å². The Morgan fingerprint density at radius 2 is 0.935 bits per heavy atom. The number of rotatable bonds is 3. The van der Waals surface area contributed by atoms with Crippen LogP contribution in [0.5, 0.6) is 0 Å². The molecule has 0 radical (unpaired) electrons. The molecule has 2 heterocycles. The molecular weight excluding hydrogens is 577 g/mol. The number of fused-ring (bicyclic) bond motifs is 7. The molecule has 0 amide bonds. The number of thiophene rings is 1. The molecule has 1 nitrogen and oxygen atoms in total. The summed E-state index contributed by atoms with van der Waals surface area (Å²) in [6.45, 7) is 0. The Balaban J connectivity index is 1.28. The molecule has 0 fully saturated rings. The molecule has 0 atom stereocenters. The summed E-state index contributed by atoms with van der Waals surface area (Å²) in [4.78, 5) is 1.30. The highest BCUT2D eigenvalue weighted by Gasteiger charge is 2.19. The lowest BCUT2D eigenvalue weighted by Gasteiger charge is -2.19. The summed E-state index contributed by atoms with van der Waals surface area (Å²) in [5.74, 6) is 0. The van der Waals surface area contributed by atoms with E-state index >= 15 is 0 Å². The van der Waals surface area contributed by atoms with Crippen LogP contribution in [0, 0.1) is 0 Å². The van der Waals surface area contributed by atoms with Crippen LogP contribution in [0.1, 0.15) is 0 Å². The molecule has 2 heteroatoms. The normalized spacial score (nSPS) is 11.9. The van der Waals surface area contributed by atoms with Gasteiger partial charge in [0.1, 0.15) is 11.2 Å². The molecular formula is C44H26OS. The number of furan rings is 1. The molecule has 0 unspecified atom stereocenters. The third-order valence-corrected chi connectivity index (χ3v) is 10.6. The minimum absolute atomic E-state index is 0.915. The molecule has 8 aromatic carbocycles. The number of benzene rings is 8. The lowest BCUT2D eigenvalue weighted by atomic mass is 9.85. The van der Waals surface area contributed by atoms with E-state index in [4.69, 9.17) is 4.42 Å². The molecule has 214 valence electrons. The van der Waals surface area contributed by atoms with E-state index in [0.29, 0.717) is 0 Å². The van der Waals surface area contributed by atoms with Crippen molar-refractivity contribution in [2.24, 2.45) is 0 Å². The highest BCUT2D eigenvalue weighted by Crippen LogP contribution is 2.47. The second-order valence-corrected chi connectivity index (χ2v) is 13.1. The second-order valence-electron chi connectivity index (χ2n) is 12.0. The van der Waals surface area contributed by atoms with E-state index in [-0.39, 0.29) is 0 Å². The summed E-state index contributed by atoms with van der Waals surface area (Å²) in [5.41, 5.74) is 8.02. The average Bonchev–Trinajstić information content (AvgIpc) is 3.71. The lowest BCUT2D eigenvalue weighted by Crippen LogP contribution is -1.91. The van der Waals surface area contributed by atoms with Gasteiger partial charge in [-0.15, -0.1) is 11.3 Å². The van der Waals surface area contributed by atoms with Gasteiger partial charge < -0.3 is 4.42 Å². The highest BCUT2D eigenvalue weighted by atomic mass is 32.1. The second kappa shape index (κ2) is 9.90. The molecule has 0 saturated heterocycles. The van der Waals surface area contributed by atoms with Crippen LogP contribution < -0.4 is 0 Å². The molecule has 0 saturated carbocycles. The van der Waals surface area contributed by atoms with Crippen LogP contribution in [0.25, 0.3) is 97.0 Å². The van der Waals surface area contributed by atoms with Gasteiger partial charge >= 0.3 is 0 Å². The van der Waals surface area contributed by atoms with Gasteiger partial charge in [0.25, 0.3) is 0 Å². The fraction of sp³-hybridized carbons (Fsp3) is 0. The van der Waals surface area contributed by atoms with Crippen LogP contribution in [0.15, 0.2) is 162 Å². The maximum atomic E-state index is 6.35. The molecule has 0 aliphatic heterocycles. The van der Waals surface area contributed by atoms with Crippen LogP contribution in [0.3, 0.4) is 0 Å². The van der Waals surface area contributed by atoms with Crippen LogP contribution in [-0.2, 0) is 0 Å². The van der Waals surface area contributed by atoms with Crippen molar-refractivity contribution in [2.75, 3.05) is 0 Å². The third kappa shape index (κ3) is 3.81. The zero-order valence-corrected chi connectivity index (χ0v) is 25.6. The van der Waals surface area contributed by atoms with E-state index in [9.17, 15) is 0 Å². The minimum atomic E-state index is 0.915.